The van der Waals surface area contributed by atoms with E-state index in [0.29, 0.717) is 23.0 Å². The number of rotatable bonds is 5. The summed E-state index contributed by atoms with van der Waals surface area (Å²) in [4.78, 5) is 37.9. The minimum Gasteiger partial charge on any atom is -0.469 e. The summed E-state index contributed by atoms with van der Waals surface area (Å²) in [5.41, 5.74) is -1.21. The minimum atomic E-state index is -0.529. The molecule has 0 saturated heterocycles. The summed E-state index contributed by atoms with van der Waals surface area (Å²) < 4.78 is 21.1. The van der Waals surface area contributed by atoms with E-state index in [1.165, 1.54) is 28.7 Å². The van der Waals surface area contributed by atoms with Gasteiger partial charge in [-0.1, -0.05) is 17.6 Å². The van der Waals surface area contributed by atoms with Gasteiger partial charge >= 0.3 is 5.97 Å². The predicted octanol–water partition coefficient (Wildman–Crippen LogP) is 3.22. The molecule has 1 amide bonds. The maximum absolute atomic E-state index is 14.0. The zero-order valence-corrected chi connectivity index (χ0v) is 17.7. The van der Waals surface area contributed by atoms with Crippen molar-refractivity contribution in [1.82, 2.24) is 9.27 Å². The first kappa shape index (κ1) is 19.7. The number of halogens is 1. The molecular weight excluding hydrogens is 407 g/mol. The molecule has 0 spiro atoms. The van der Waals surface area contributed by atoms with Gasteiger partial charge in [-0.15, -0.1) is 0 Å². The standard InChI is InChI=1S/C22H25FN2O4S/c1-29-20(28)21-8-13-7-14(9-21)11-22(10-13,12-21)24-17(26)5-6-25-19(27)18-15(23)3-2-4-16(18)30-25/h2-4,13-14H,5-12H2,1H3,(H,24,26). The zero-order chi connectivity index (χ0) is 21.1. The first-order chi connectivity index (χ1) is 14.3. The summed E-state index contributed by atoms with van der Waals surface area (Å²) in [5.74, 6) is 0.0900. The van der Waals surface area contributed by atoms with Gasteiger partial charge in [0.2, 0.25) is 5.91 Å². The molecule has 30 heavy (non-hydrogen) atoms. The highest BCUT2D eigenvalue weighted by molar-refractivity contribution is 7.13. The van der Waals surface area contributed by atoms with Crippen LogP contribution in [0.15, 0.2) is 23.0 Å². The molecule has 160 valence electrons. The van der Waals surface area contributed by atoms with E-state index in [1.807, 2.05) is 0 Å². The molecule has 2 unspecified atom stereocenters. The SMILES string of the molecule is COC(=O)C12CC3CC(CC(NC(=O)CCn4sc5cccc(F)c5c4=O)(C3)C1)C2. The second-order valence-corrected chi connectivity index (χ2v) is 10.5. The van der Waals surface area contributed by atoms with E-state index in [1.54, 1.807) is 12.1 Å². The number of fused-ring (bicyclic) bond motifs is 1. The summed E-state index contributed by atoms with van der Waals surface area (Å²) in [5, 5.41) is 3.32. The largest absolute Gasteiger partial charge is 0.469 e. The summed E-state index contributed by atoms with van der Waals surface area (Å²) in [6.07, 6.45) is 5.44. The van der Waals surface area contributed by atoms with E-state index >= 15 is 0 Å². The van der Waals surface area contributed by atoms with Crippen molar-refractivity contribution in [1.29, 1.82) is 0 Å². The van der Waals surface area contributed by atoms with Gasteiger partial charge in [-0.05, 0) is 62.5 Å². The molecular formula is C22H25FN2O4S. The van der Waals surface area contributed by atoms with Gasteiger partial charge in [0.05, 0.1) is 22.6 Å². The highest BCUT2D eigenvalue weighted by Crippen LogP contribution is 2.62. The monoisotopic (exact) mass is 432 g/mol. The van der Waals surface area contributed by atoms with Gasteiger partial charge < -0.3 is 10.1 Å². The molecule has 2 aromatic rings. The van der Waals surface area contributed by atoms with Crippen molar-refractivity contribution in [2.45, 2.75) is 57.0 Å². The Morgan fingerprint density at radius 1 is 1.27 bits per heavy atom. The molecule has 6 nitrogen and oxygen atoms in total. The third kappa shape index (κ3) is 3.07. The van der Waals surface area contributed by atoms with Crippen molar-refractivity contribution in [2.24, 2.45) is 17.3 Å². The van der Waals surface area contributed by atoms with Gasteiger partial charge in [0.25, 0.3) is 5.56 Å². The quantitative estimate of drug-likeness (QED) is 0.736. The fourth-order valence-electron chi connectivity index (χ4n) is 6.65. The van der Waals surface area contributed by atoms with E-state index in [4.69, 9.17) is 4.74 Å². The Balaban J connectivity index is 1.30. The number of amides is 1. The molecule has 4 aliphatic carbocycles. The molecule has 6 rings (SSSR count). The number of hydrogen-bond acceptors (Lipinski definition) is 5. The van der Waals surface area contributed by atoms with Crippen molar-refractivity contribution < 1.29 is 18.7 Å². The molecule has 0 aliphatic heterocycles. The fraction of sp³-hybridized carbons (Fsp3) is 0.591. The maximum Gasteiger partial charge on any atom is 0.311 e. The maximum atomic E-state index is 14.0. The lowest BCUT2D eigenvalue weighted by Crippen LogP contribution is -2.64. The Morgan fingerprint density at radius 2 is 2.00 bits per heavy atom. The Labute approximate surface area is 177 Å². The van der Waals surface area contributed by atoms with Gasteiger partial charge in [0.1, 0.15) is 5.82 Å². The molecule has 1 aromatic carbocycles. The Hall–Kier alpha value is -2.22. The van der Waals surface area contributed by atoms with Crippen LogP contribution in [0.25, 0.3) is 10.1 Å². The van der Waals surface area contributed by atoms with Gasteiger partial charge in [-0.2, -0.15) is 0 Å². The number of aryl methyl sites for hydroxylation is 1. The number of nitrogens with one attached hydrogen (secondary N) is 1. The molecule has 0 radical (unpaired) electrons. The average molecular weight is 433 g/mol. The molecule has 2 atom stereocenters. The van der Waals surface area contributed by atoms with Gasteiger partial charge in [0, 0.05) is 18.5 Å². The van der Waals surface area contributed by atoms with Crippen LogP contribution in [0.1, 0.15) is 44.9 Å². The minimum absolute atomic E-state index is 0.0870. The van der Waals surface area contributed by atoms with Crippen LogP contribution in [-0.2, 0) is 20.9 Å². The lowest BCUT2D eigenvalue weighted by molar-refractivity contribution is -0.173. The zero-order valence-electron chi connectivity index (χ0n) is 16.9. The van der Waals surface area contributed by atoms with Crippen molar-refractivity contribution in [3.8, 4) is 0 Å². The van der Waals surface area contributed by atoms with Crippen LogP contribution in [0.3, 0.4) is 0 Å². The first-order valence-corrected chi connectivity index (χ1v) is 11.3. The van der Waals surface area contributed by atoms with Crippen molar-refractivity contribution >= 4 is 33.5 Å². The van der Waals surface area contributed by atoms with Crippen molar-refractivity contribution in [3.05, 3.63) is 34.4 Å². The number of hydrogen-bond donors (Lipinski definition) is 1. The lowest BCUT2D eigenvalue weighted by atomic mass is 9.47. The summed E-state index contributed by atoms with van der Waals surface area (Å²) in [6, 6.07) is 4.56. The highest BCUT2D eigenvalue weighted by atomic mass is 32.1. The van der Waals surface area contributed by atoms with E-state index in [0.717, 1.165) is 32.1 Å². The smallest absolute Gasteiger partial charge is 0.311 e. The van der Waals surface area contributed by atoms with Crippen LogP contribution in [0, 0.1) is 23.1 Å². The second-order valence-electron chi connectivity index (χ2n) is 9.42. The third-order valence-electron chi connectivity index (χ3n) is 7.25. The highest BCUT2D eigenvalue weighted by Gasteiger charge is 2.61. The van der Waals surface area contributed by atoms with Gasteiger partial charge in [-0.3, -0.25) is 18.3 Å². The Bertz CT molecular complexity index is 1080. The van der Waals surface area contributed by atoms with Crippen LogP contribution in [0.5, 0.6) is 0 Å². The molecule has 1 N–H and O–H groups in total. The number of esters is 1. The lowest BCUT2D eigenvalue weighted by Gasteiger charge is -2.60. The van der Waals surface area contributed by atoms with E-state index in [2.05, 4.69) is 5.32 Å². The van der Waals surface area contributed by atoms with Gasteiger partial charge in [0.15, 0.2) is 0 Å². The van der Waals surface area contributed by atoms with E-state index in [9.17, 15) is 18.8 Å². The number of nitrogens with zero attached hydrogens (tertiary/aromatic N) is 1. The van der Waals surface area contributed by atoms with Crippen LogP contribution < -0.4 is 10.9 Å². The van der Waals surface area contributed by atoms with Crippen LogP contribution in [0.4, 0.5) is 4.39 Å². The van der Waals surface area contributed by atoms with Crippen LogP contribution in [0.2, 0.25) is 0 Å². The topological polar surface area (TPSA) is 77.4 Å². The molecule has 4 aliphatic rings. The summed E-state index contributed by atoms with van der Waals surface area (Å²) in [7, 11) is 1.44. The molecule has 4 bridgehead atoms. The molecule has 4 saturated carbocycles. The summed E-state index contributed by atoms with van der Waals surface area (Å²) >= 11 is 1.18. The number of ether oxygens (including phenoxy) is 1. The van der Waals surface area contributed by atoms with E-state index < -0.39 is 11.2 Å². The Kier molecular flexibility index (Phi) is 4.54. The van der Waals surface area contributed by atoms with Crippen LogP contribution in [-0.4, -0.2) is 28.5 Å². The number of methoxy groups -OCH3 is 1. The number of carbonyl (C=O) groups excluding carboxylic acids is 2. The van der Waals surface area contributed by atoms with Crippen molar-refractivity contribution in [2.75, 3.05) is 7.11 Å². The van der Waals surface area contributed by atoms with E-state index in [-0.39, 0.29) is 41.3 Å². The predicted molar refractivity (Wildman–Crippen MR) is 111 cm³/mol. The van der Waals surface area contributed by atoms with Crippen molar-refractivity contribution in [3.63, 3.8) is 0 Å². The molecule has 1 heterocycles. The second kappa shape index (κ2) is 6.90. The van der Waals surface area contributed by atoms with Gasteiger partial charge in [-0.25, -0.2) is 4.39 Å². The number of aromatic nitrogens is 1. The molecule has 8 heteroatoms. The first-order valence-electron chi connectivity index (χ1n) is 10.5. The summed E-state index contributed by atoms with van der Waals surface area (Å²) in [6.45, 7) is 0.217. The third-order valence-corrected chi connectivity index (χ3v) is 8.36. The fourth-order valence-corrected chi connectivity index (χ4v) is 7.66. The number of carbonyl (C=O) groups is 2. The molecule has 4 fully saturated rings. The molecule has 1 aromatic heterocycles. The Morgan fingerprint density at radius 3 is 2.67 bits per heavy atom. The number of benzene rings is 1. The van der Waals surface area contributed by atoms with Crippen LogP contribution >= 0.6 is 11.5 Å². The average Bonchev–Trinajstić information content (AvgIpc) is 3.01. The normalized spacial score (nSPS) is 31.8.